The average molecular weight is 375 g/mol. The highest BCUT2D eigenvalue weighted by molar-refractivity contribution is 6.46. The zero-order chi connectivity index (χ0) is 19.9. The molecule has 0 spiro atoms. The van der Waals surface area contributed by atoms with Crippen LogP contribution >= 0.6 is 0 Å². The normalized spacial score (nSPS) is 12.2. The van der Waals surface area contributed by atoms with Crippen molar-refractivity contribution in [3.8, 4) is 11.5 Å². The summed E-state index contributed by atoms with van der Waals surface area (Å²) in [4.78, 5) is 8.53. The van der Waals surface area contributed by atoms with Crippen LogP contribution in [0.4, 0.5) is 0 Å². The van der Waals surface area contributed by atoms with Crippen molar-refractivity contribution >= 4 is 17.2 Å². The maximum Gasteiger partial charge on any atom is 0.270 e. The predicted octanol–water partition coefficient (Wildman–Crippen LogP) is 2.72. The van der Waals surface area contributed by atoms with Crippen LogP contribution in [0, 0.1) is 0 Å². The maximum atomic E-state index is 9.29. The molecule has 0 bridgehead atoms. The number of hydrogen-bond donors (Lipinski definition) is 2. The van der Waals surface area contributed by atoms with E-state index in [1.165, 1.54) is 0 Å². The van der Waals surface area contributed by atoms with Crippen molar-refractivity contribution in [1.82, 2.24) is 10.2 Å². The molecule has 7 heteroatoms. The monoisotopic (exact) mass is 375 g/mol. The van der Waals surface area contributed by atoms with Crippen LogP contribution in [0.2, 0.25) is 0 Å². The van der Waals surface area contributed by atoms with E-state index in [1.807, 2.05) is 54.6 Å². The van der Waals surface area contributed by atoms with Crippen LogP contribution in [-0.4, -0.2) is 40.5 Å². The van der Waals surface area contributed by atoms with Crippen LogP contribution in [0.25, 0.3) is 17.2 Å². The number of aliphatic imine (C=N–C) groups is 2. The van der Waals surface area contributed by atoms with Crippen LogP contribution < -0.4 is 5.73 Å². The Bertz CT molecular complexity index is 1020. The molecule has 0 saturated heterocycles. The van der Waals surface area contributed by atoms with Gasteiger partial charge in [0.1, 0.15) is 5.84 Å². The van der Waals surface area contributed by atoms with Gasteiger partial charge in [-0.1, -0.05) is 49.0 Å². The van der Waals surface area contributed by atoms with E-state index in [0.717, 1.165) is 16.7 Å². The summed E-state index contributed by atoms with van der Waals surface area (Å²) in [5, 5.41) is 17.4. The molecule has 0 saturated carbocycles. The van der Waals surface area contributed by atoms with Gasteiger partial charge in [0.15, 0.2) is 5.71 Å². The quantitative estimate of drug-likeness (QED) is 0.487. The van der Waals surface area contributed by atoms with Gasteiger partial charge >= 0.3 is 0 Å². The van der Waals surface area contributed by atoms with Crippen molar-refractivity contribution in [1.29, 1.82) is 0 Å². The molecule has 0 unspecified atom stereocenters. The summed E-state index contributed by atoms with van der Waals surface area (Å²) in [6.07, 6.45) is 0.496. The van der Waals surface area contributed by atoms with Gasteiger partial charge in [0.05, 0.1) is 5.70 Å². The Labute approximate surface area is 163 Å². The van der Waals surface area contributed by atoms with E-state index in [0.29, 0.717) is 18.0 Å². The Balaban J connectivity index is 2.00. The molecule has 2 aromatic carbocycles. The minimum absolute atomic E-state index is 0.0313. The van der Waals surface area contributed by atoms with Gasteiger partial charge in [-0.05, 0) is 24.1 Å². The van der Waals surface area contributed by atoms with E-state index in [2.05, 4.69) is 26.8 Å². The Morgan fingerprint density at radius 3 is 2.54 bits per heavy atom. The summed E-state index contributed by atoms with van der Waals surface area (Å²) in [5.41, 5.74) is 9.27. The highest BCUT2D eigenvalue weighted by Crippen LogP contribution is 2.22. The van der Waals surface area contributed by atoms with E-state index in [-0.39, 0.29) is 24.0 Å². The molecule has 0 amide bonds. The number of aliphatic hydroxyl groups is 1. The van der Waals surface area contributed by atoms with Crippen molar-refractivity contribution in [2.45, 2.75) is 6.42 Å². The number of rotatable bonds is 7. The summed E-state index contributed by atoms with van der Waals surface area (Å²) in [6, 6.07) is 17.0. The lowest BCUT2D eigenvalue weighted by Gasteiger charge is -2.09. The van der Waals surface area contributed by atoms with Crippen LogP contribution in [0.5, 0.6) is 0 Å². The van der Waals surface area contributed by atoms with Gasteiger partial charge in [0, 0.05) is 24.8 Å². The second kappa shape index (κ2) is 8.88. The van der Waals surface area contributed by atoms with E-state index >= 15 is 0 Å². The van der Waals surface area contributed by atoms with Crippen LogP contribution in [-0.2, 0) is 6.42 Å². The third-order valence-electron chi connectivity index (χ3n) is 4.09. The molecule has 0 aliphatic rings. The molecule has 3 aromatic rings. The molecular formula is C21H21N5O2. The van der Waals surface area contributed by atoms with Crippen molar-refractivity contribution in [3.63, 3.8) is 0 Å². The fourth-order valence-corrected chi connectivity index (χ4v) is 2.67. The summed E-state index contributed by atoms with van der Waals surface area (Å²) in [7, 11) is 1.56. The number of aromatic nitrogens is 2. The van der Waals surface area contributed by atoms with Crippen molar-refractivity contribution < 1.29 is 9.52 Å². The Hall–Kier alpha value is -3.58. The Morgan fingerprint density at radius 1 is 1.11 bits per heavy atom. The Morgan fingerprint density at radius 2 is 1.82 bits per heavy atom. The first-order valence-electron chi connectivity index (χ1n) is 8.72. The minimum atomic E-state index is 0.0313. The Kier molecular flexibility index (Phi) is 6.08. The molecule has 0 atom stereocenters. The third-order valence-corrected chi connectivity index (χ3v) is 4.09. The second-order valence-electron chi connectivity index (χ2n) is 5.93. The molecule has 3 rings (SSSR count). The summed E-state index contributed by atoms with van der Waals surface area (Å²) >= 11 is 0. The van der Waals surface area contributed by atoms with Gasteiger partial charge in [-0.3, -0.25) is 4.99 Å². The molecule has 1 heterocycles. The van der Waals surface area contributed by atoms with Gasteiger partial charge in [0.2, 0.25) is 5.89 Å². The second-order valence-corrected chi connectivity index (χ2v) is 5.93. The van der Waals surface area contributed by atoms with Gasteiger partial charge in [0.25, 0.3) is 5.89 Å². The molecule has 7 nitrogen and oxygen atoms in total. The van der Waals surface area contributed by atoms with Gasteiger partial charge < -0.3 is 15.3 Å². The van der Waals surface area contributed by atoms with Gasteiger partial charge in [-0.15, -0.1) is 10.2 Å². The fourth-order valence-electron chi connectivity index (χ4n) is 2.67. The number of amidine groups is 1. The molecule has 28 heavy (non-hydrogen) atoms. The molecule has 1 aromatic heterocycles. The van der Waals surface area contributed by atoms with Crippen molar-refractivity contribution in [2.75, 3.05) is 13.7 Å². The summed E-state index contributed by atoms with van der Waals surface area (Å²) in [5.74, 6) is 0.672. The topological polar surface area (TPSA) is 110 Å². The molecule has 0 radical (unpaired) electrons. The van der Waals surface area contributed by atoms with Crippen molar-refractivity contribution in [3.05, 3.63) is 78.2 Å². The highest BCUT2D eigenvalue weighted by atomic mass is 16.4. The van der Waals surface area contributed by atoms with E-state index in [4.69, 9.17) is 10.2 Å². The van der Waals surface area contributed by atoms with Gasteiger partial charge in [-0.2, -0.15) is 0 Å². The third kappa shape index (κ3) is 4.21. The molecular weight excluding hydrogens is 354 g/mol. The predicted molar refractivity (Wildman–Crippen MR) is 110 cm³/mol. The van der Waals surface area contributed by atoms with Crippen LogP contribution in [0.15, 0.2) is 75.6 Å². The number of nitrogens with two attached hydrogens (primary N) is 1. The van der Waals surface area contributed by atoms with Crippen LogP contribution in [0.1, 0.15) is 17.0 Å². The van der Waals surface area contributed by atoms with Gasteiger partial charge in [-0.25, -0.2) is 4.99 Å². The number of benzene rings is 2. The smallest absolute Gasteiger partial charge is 0.270 e. The summed E-state index contributed by atoms with van der Waals surface area (Å²) in [6.45, 7) is 4.08. The molecule has 0 aliphatic carbocycles. The lowest BCUT2D eigenvalue weighted by atomic mass is 10.0. The number of hydrogen-bond acceptors (Lipinski definition) is 6. The van der Waals surface area contributed by atoms with Crippen LogP contribution in [0.3, 0.4) is 0 Å². The first-order chi connectivity index (χ1) is 13.6. The number of aliphatic hydroxyl groups excluding tert-OH is 1. The van der Waals surface area contributed by atoms with E-state index in [1.54, 1.807) is 7.05 Å². The maximum absolute atomic E-state index is 9.29. The van der Waals surface area contributed by atoms with E-state index in [9.17, 15) is 5.11 Å². The molecule has 0 fully saturated rings. The first-order valence-corrected chi connectivity index (χ1v) is 8.72. The minimum Gasteiger partial charge on any atom is -0.414 e. The molecule has 3 N–H and O–H groups in total. The SMILES string of the molecule is C=C(N=C(C(N)=NC)c1nnc(-c2ccccc2)o1)c1ccccc1CCO. The average Bonchev–Trinajstić information content (AvgIpc) is 3.22. The molecule has 142 valence electrons. The fraction of sp³-hybridized carbons (Fsp3) is 0.143. The lowest BCUT2D eigenvalue weighted by molar-refractivity contribution is 0.299. The zero-order valence-corrected chi connectivity index (χ0v) is 15.5. The first kappa shape index (κ1) is 19.2. The largest absolute Gasteiger partial charge is 0.414 e. The standard InChI is InChI=1S/C21H21N5O2/c1-14(17-11-7-6-8-15(17)12-13-27)24-18(19(22)23-2)21-26-25-20(28-21)16-9-4-3-5-10-16/h3-11,27H,1,12-13H2,2H3,(H2,22,23). The summed E-state index contributed by atoms with van der Waals surface area (Å²) < 4.78 is 5.77. The molecule has 0 aliphatic heterocycles. The lowest BCUT2D eigenvalue weighted by Crippen LogP contribution is -2.25. The highest BCUT2D eigenvalue weighted by Gasteiger charge is 2.18. The zero-order valence-electron chi connectivity index (χ0n) is 15.5. The van der Waals surface area contributed by atoms with Crippen molar-refractivity contribution in [2.24, 2.45) is 15.7 Å². The van der Waals surface area contributed by atoms with E-state index < -0.39 is 0 Å². The number of nitrogens with zero attached hydrogens (tertiary/aromatic N) is 4.